The maximum atomic E-state index is 7.12. The third-order valence-electron chi connectivity index (χ3n) is 2.31. The van der Waals surface area contributed by atoms with Gasteiger partial charge in [-0.2, -0.15) is 0 Å². The van der Waals surface area contributed by atoms with Gasteiger partial charge in [0.1, 0.15) is 6.61 Å². The van der Waals surface area contributed by atoms with Crippen LogP contribution in [0.4, 0.5) is 0 Å². The largest absolute Gasteiger partial charge is 0.493 e. The Kier molecular flexibility index (Phi) is 7.16. The molecule has 0 radical (unpaired) electrons. The van der Waals surface area contributed by atoms with Crippen molar-refractivity contribution in [1.82, 2.24) is 0 Å². The van der Waals surface area contributed by atoms with Gasteiger partial charge in [-0.1, -0.05) is 42.5 Å². The summed E-state index contributed by atoms with van der Waals surface area (Å²) in [4.78, 5) is 0. The maximum Gasteiger partial charge on any atom is 0.432 e. The molecule has 0 bridgehead atoms. The SMILES string of the molecule is COc1ccccc1OCc1ccccc1.OBO. The molecule has 0 amide bonds. The van der Waals surface area contributed by atoms with Gasteiger partial charge in [0.25, 0.3) is 0 Å². The van der Waals surface area contributed by atoms with E-state index in [1.165, 1.54) is 0 Å². The van der Waals surface area contributed by atoms with Crippen LogP contribution in [0.3, 0.4) is 0 Å². The van der Waals surface area contributed by atoms with Gasteiger partial charge in [-0.05, 0) is 17.7 Å². The summed E-state index contributed by atoms with van der Waals surface area (Å²) in [7, 11) is 0.894. The zero-order chi connectivity index (χ0) is 13.9. The molecule has 5 heteroatoms. The van der Waals surface area contributed by atoms with Crippen LogP contribution in [0.2, 0.25) is 0 Å². The Balaban J connectivity index is 0.000000550. The molecule has 2 aromatic carbocycles. The summed E-state index contributed by atoms with van der Waals surface area (Å²) in [5.74, 6) is 1.53. The van der Waals surface area contributed by atoms with Gasteiger partial charge in [-0.15, -0.1) is 0 Å². The van der Waals surface area contributed by atoms with E-state index < -0.39 is 7.69 Å². The van der Waals surface area contributed by atoms with E-state index in [0.717, 1.165) is 17.1 Å². The lowest BCUT2D eigenvalue weighted by Gasteiger charge is -2.09. The second kappa shape index (κ2) is 9.02. The van der Waals surface area contributed by atoms with Gasteiger partial charge in [0.15, 0.2) is 11.5 Å². The molecule has 2 N–H and O–H groups in total. The van der Waals surface area contributed by atoms with Crippen molar-refractivity contribution in [3.05, 3.63) is 60.2 Å². The van der Waals surface area contributed by atoms with Crippen LogP contribution in [0.5, 0.6) is 11.5 Å². The third kappa shape index (κ3) is 5.46. The van der Waals surface area contributed by atoms with Crippen molar-refractivity contribution in [3.8, 4) is 11.5 Å². The molecule has 0 fully saturated rings. The highest BCUT2D eigenvalue weighted by atomic mass is 16.5. The molecule has 100 valence electrons. The van der Waals surface area contributed by atoms with Crippen LogP contribution in [0.1, 0.15) is 5.56 Å². The van der Waals surface area contributed by atoms with Crippen molar-refractivity contribution >= 4 is 7.69 Å². The van der Waals surface area contributed by atoms with Crippen LogP contribution in [-0.4, -0.2) is 24.8 Å². The second-order valence-electron chi connectivity index (χ2n) is 3.57. The first-order valence-electron chi connectivity index (χ1n) is 5.83. The van der Waals surface area contributed by atoms with Crippen LogP contribution < -0.4 is 9.47 Å². The second-order valence-corrected chi connectivity index (χ2v) is 3.57. The summed E-state index contributed by atoms with van der Waals surface area (Å²) in [6, 6.07) is 17.7. The molecule has 0 aromatic heterocycles. The van der Waals surface area contributed by atoms with E-state index in [2.05, 4.69) is 0 Å². The maximum absolute atomic E-state index is 7.12. The Labute approximate surface area is 113 Å². The van der Waals surface area contributed by atoms with E-state index in [9.17, 15) is 0 Å². The number of benzene rings is 2. The number of hydrogen-bond acceptors (Lipinski definition) is 4. The van der Waals surface area contributed by atoms with Crippen molar-refractivity contribution in [2.24, 2.45) is 0 Å². The zero-order valence-electron chi connectivity index (χ0n) is 10.8. The highest BCUT2D eigenvalue weighted by Gasteiger charge is 2.02. The topological polar surface area (TPSA) is 58.9 Å². The van der Waals surface area contributed by atoms with Gasteiger partial charge < -0.3 is 19.5 Å². The molecule has 0 aliphatic heterocycles. The van der Waals surface area contributed by atoms with Gasteiger partial charge in [0, 0.05) is 0 Å². The monoisotopic (exact) mass is 260 g/mol. The fourth-order valence-corrected chi connectivity index (χ4v) is 1.47. The fraction of sp³-hybridized carbons (Fsp3) is 0.143. The smallest absolute Gasteiger partial charge is 0.432 e. The van der Waals surface area contributed by atoms with Gasteiger partial charge >= 0.3 is 7.69 Å². The molecule has 0 unspecified atom stereocenters. The average Bonchev–Trinajstić information content (AvgIpc) is 2.47. The van der Waals surface area contributed by atoms with Gasteiger partial charge in [-0.3, -0.25) is 0 Å². The normalized spacial score (nSPS) is 9.00. The summed E-state index contributed by atoms with van der Waals surface area (Å²) in [5, 5.41) is 14.2. The van der Waals surface area contributed by atoms with Gasteiger partial charge in [-0.25, -0.2) is 0 Å². The molecule has 0 saturated carbocycles. The quantitative estimate of drug-likeness (QED) is 0.818. The van der Waals surface area contributed by atoms with Crippen molar-refractivity contribution in [2.75, 3.05) is 7.11 Å². The van der Waals surface area contributed by atoms with Crippen LogP contribution in [0, 0.1) is 0 Å². The predicted octanol–water partition coefficient (Wildman–Crippen LogP) is 1.51. The summed E-state index contributed by atoms with van der Waals surface area (Å²) < 4.78 is 10.9. The molecule has 0 spiro atoms. The lowest BCUT2D eigenvalue weighted by atomic mass is 10.2. The van der Waals surface area contributed by atoms with E-state index in [0.29, 0.717) is 6.61 Å². The van der Waals surface area contributed by atoms with Crippen molar-refractivity contribution < 1.29 is 19.5 Å². The summed E-state index contributed by atoms with van der Waals surface area (Å²) in [6.45, 7) is 0.557. The summed E-state index contributed by atoms with van der Waals surface area (Å²) in [5.41, 5.74) is 1.15. The Morgan fingerprint density at radius 3 is 2.00 bits per heavy atom. The number of para-hydroxylation sites is 2. The number of hydrogen-bond donors (Lipinski definition) is 2. The van der Waals surface area contributed by atoms with E-state index in [1.807, 2.05) is 54.6 Å². The molecular formula is C14H17BO4. The lowest BCUT2D eigenvalue weighted by Crippen LogP contribution is -1.96. The summed E-state index contributed by atoms with van der Waals surface area (Å²) in [6.07, 6.45) is 0. The first-order valence-corrected chi connectivity index (χ1v) is 5.83. The predicted molar refractivity (Wildman–Crippen MR) is 75.4 cm³/mol. The Morgan fingerprint density at radius 1 is 0.895 bits per heavy atom. The highest BCUT2D eigenvalue weighted by molar-refractivity contribution is 6.13. The van der Waals surface area contributed by atoms with Gasteiger partial charge in [0.2, 0.25) is 0 Å². The molecule has 0 heterocycles. The van der Waals surface area contributed by atoms with Crippen molar-refractivity contribution in [3.63, 3.8) is 0 Å². The lowest BCUT2D eigenvalue weighted by molar-refractivity contribution is 0.284. The van der Waals surface area contributed by atoms with E-state index in [1.54, 1.807) is 7.11 Å². The van der Waals surface area contributed by atoms with Gasteiger partial charge in [0.05, 0.1) is 7.11 Å². The van der Waals surface area contributed by atoms with Crippen LogP contribution in [0.15, 0.2) is 54.6 Å². The minimum Gasteiger partial charge on any atom is -0.493 e. The molecule has 2 rings (SSSR count). The average molecular weight is 260 g/mol. The van der Waals surface area contributed by atoms with E-state index in [4.69, 9.17) is 19.5 Å². The van der Waals surface area contributed by atoms with E-state index >= 15 is 0 Å². The summed E-state index contributed by atoms with van der Waals surface area (Å²) >= 11 is 0. The Morgan fingerprint density at radius 2 is 1.42 bits per heavy atom. The van der Waals surface area contributed by atoms with Crippen LogP contribution in [0.25, 0.3) is 0 Å². The molecule has 2 aromatic rings. The van der Waals surface area contributed by atoms with Crippen molar-refractivity contribution in [1.29, 1.82) is 0 Å². The Bertz CT molecular complexity index is 462. The first kappa shape index (κ1) is 15.1. The standard InChI is InChI=1S/C14H14O2.BH3O2/c1-15-13-9-5-6-10-14(13)16-11-12-7-3-2-4-8-12;2-1-3/h2-10H,11H2,1H3;1-3H. The van der Waals surface area contributed by atoms with Crippen molar-refractivity contribution in [2.45, 2.75) is 6.61 Å². The number of ether oxygens (including phenoxy) is 2. The molecule has 0 aliphatic rings. The zero-order valence-corrected chi connectivity index (χ0v) is 10.8. The molecule has 0 aliphatic carbocycles. The molecule has 0 atom stereocenters. The number of methoxy groups -OCH3 is 1. The minimum absolute atomic E-state index is 0.557. The molecule has 19 heavy (non-hydrogen) atoms. The molecule has 0 saturated heterocycles. The highest BCUT2D eigenvalue weighted by Crippen LogP contribution is 2.26. The van der Waals surface area contributed by atoms with E-state index in [-0.39, 0.29) is 0 Å². The minimum atomic E-state index is -0.750. The van der Waals surface area contributed by atoms with Crippen LogP contribution >= 0.6 is 0 Å². The Hall–Kier alpha value is -1.98. The van der Waals surface area contributed by atoms with Crippen LogP contribution in [-0.2, 0) is 6.61 Å². The number of rotatable bonds is 4. The third-order valence-corrected chi connectivity index (χ3v) is 2.31. The molecular weight excluding hydrogens is 243 g/mol. The molecule has 4 nitrogen and oxygen atoms in total. The first-order chi connectivity index (χ1) is 9.31. The fourth-order valence-electron chi connectivity index (χ4n) is 1.47.